The van der Waals surface area contributed by atoms with Gasteiger partial charge in [0, 0.05) is 6.42 Å². The van der Waals surface area contributed by atoms with Crippen LogP contribution in [0.1, 0.15) is 11.4 Å². The molecule has 0 spiro atoms. The van der Waals surface area contributed by atoms with E-state index in [4.69, 9.17) is 28.3 Å². The van der Waals surface area contributed by atoms with E-state index in [2.05, 4.69) is 20.3 Å². The van der Waals surface area contributed by atoms with Gasteiger partial charge >= 0.3 is 0 Å². The number of benzene rings is 2. The molecule has 3 aromatic rings. The van der Waals surface area contributed by atoms with Gasteiger partial charge in [-0.3, -0.25) is 4.79 Å². The zero-order chi connectivity index (χ0) is 19.7. The predicted octanol–water partition coefficient (Wildman–Crippen LogP) is 4.30. The minimum atomic E-state index is -0.241. The topological polar surface area (TPSA) is 90.4 Å². The third-order valence-electron chi connectivity index (χ3n) is 4.00. The van der Waals surface area contributed by atoms with E-state index >= 15 is 0 Å². The van der Waals surface area contributed by atoms with Crippen LogP contribution < -0.4 is 5.32 Å². The third kappa shape index (κ3) is 3.93. The number of carbonyl (C=O) groups excluding carboxylic acids is 1. The van der Waals surface area contributed by atoms with Gasteiger partial charge in [-0.2, -0.15) is 0 Å². The second-order valence-electron chi connectivity index (χ2n) is 5.99. The van der Waals surface area contributed by atoms with Gasteiger partial charge < -0.3 is 15.4 Å². The Balaban J connectivity index is 1.61. The van der Waals surface area contributed by atoms with E-state index < -0.39 is 0 Å². The van der Waals surface area contributed by atoms with E-state index in [9.17, 15) is 4.79 Å². The van der Waals surface area contributed by atoms with Gasteiger partial charge in [0.05, 0.1) is 32.6 Å². The molecule has 3 N–H and O–H groups in total. The number of hydrogen-bond acceptors (Lipinski definition) is 5. The van der Waals surface area contributed by atoms with Crippen molar-refractivity contribution in [3.8, 4) is 0 Å². The highest BCUT2D eigenvalue weighted by Crippen LogP contribution is 2.35. The molecular formula is C19H14Cl2N4O2S. The van der Waals surface area contributed by atoms with Crippen molar-refractivity contribution >= 4 is 68.8 Å². The number of amides is 1. The van der Waals surface area contributed by atoms with Gasteiger partial charge in [0.25, 0.3) is 5.91 Å². The van der Waals surface area contributed by atoms with E-state index in [-0.39, 0.29) is 12.5 Å². The summed E-state index contributed by atoms with van der Waals surface area (Å²) in [5, 5.41) is 13.0. The molecule has 0 atom stereocenters. The van der Waals surface area contributed by atoms with E-state index in [1.54, 1.807) is 24.3 Å². The first kappa shape index (κ1) is 19.0. The number of fused-ring (bicyclic) bond motifs is 1. The average Bonchev–Trinajstić information content (AvgIpc) is 3.21. The number of hydrogen-bond donors (Lipinski definition) is 3. The molecule has 1 aliphatic rings. The highest BCUT2D eigenvalue weighted by atomic mass is 35.5. The summed E-state index contributed by atoms with van der Waals surface area (Å²) in [5.74, 6) is 0.483. The zero-order valence-corrected chi connectivity index (χ0v) is 16.7. The highest BCUT2D eigenvalue weighted by molar-refractivity contribution is 8.18. The van der Waals surface area contributed by atoms with E-state index in [0.717, 1.165) is 22.4 Å². The minimum absolute atomic E-state index is 0.0328. The molecule has 142 valence electrons. The number of carbonyl (C=O) groups is 1. The van der Waals surface area contributed by atoms with Gasteiger partial charge in [-0.05, 0) is 47.7 Å². The molecular weight excluding hydrogens is 419 g/mol. The molecule has 0 bridgehead atoms. The standard InChI is InChI=1S/C19H14Cl2N4O2S/c20-11-2-1-3-12(21)17(11)24-19-25-18(27)15(28-19)9-10-4-5-13-14(8-10)23-16(22-13)6-7-26/h1-5,8-9,26H,6-7H2,(H,22,23)(H,24,25,27)/b15-9-. The van der Waals surface area contributed by atoms with Crippen molar-refractivity contribution in [1.29, 1.82) is 0 Å². The van der Waals surface area contributed by atoms with Crippen molar-refractivity contribution in [1.82, 2.24) is 15.3 Å². The number of thioether (sulfide) groups is 1. The van der Waals surface area contributed by atoms with Crippen molar-refractivity contribution in [3.05, 3.63) is 62.7 Å². The smallest absolute Gasteiger partial charge is 0.264 e. The molecule has 0 radical (unpaired) electrons. The number of rotatable bonds is 4. The summed E-state index contributed by atoms with van der Waals surface area (Å²) in [6.07, 6.45) is 2.24. The lowest BCUT2D eigenvalue weighted by molar-refractivity contribution is -0.115. The van der Waals surface area contributed by atoms with Gasteiger partial charge in [0.15, 0.2) is 5.17 Å². The second-order valence-corrected chi connectivity index (χ2v) is 7.83. The molecule has 1 aliphatic heterocycles. The Morgan fingerprint density at radius 1 is 1.21 bits per heavy atom. The monoisotopic (exact) mass is 432 g/mol. The number of nitrogens with one attached hydrogen (secondary N) is 2. The predicted molar refractivity (Wildman–Crippen MR) is 114 cm³/mol. The fraction of sp³-hybridized carbons (Fsp3) is 0.105. The van der Waals surface area contributed by atoms with Crippen molar-refractivity contribution in [2.24, 2.45) is 4.99 Å². The van der Waals surface area contributed by atoms with Crippen LogP contribution in [-0.2, 0) is 11.2 Å². The molecule has 0 unspecified atom stereocenters. The van der Waals surface area contributed by atoms with Gasteiger partial charge in [0.2, 0.25) is 0 Å². The molecule has 0 saturated carbocycles. The van der Waals surface area contributed by atoms with Crippen molar-refractivity contribution < 1.29 is 9.90 Å². The molecule has 28 heavy (non-hydrogen) atoms. The summed E-state index contributed by atoms with van der Waals surface area (Å²) in [6, 6.07) is 10.8. The lowest BCUT2D eigenvalue weighted by atomic mass is 10.2. The van der Waals surface area contributed by atoms with Crippen LogP contribution in [0.3, 0.4) is 0 Å². The highest BCUT2D eigenvalue weighted by Gasteiger charge is 2.24. The first-order chi connectivity index (χ1) is 13.5. The summed E-state index contributed by atoms with van der Waals surface area (Å²) >= 11 is 13.5. The number of aliphatic hydroxyl groups is 1. The lowest BCUT2D eigenvalue weighted by Crippen LogP contribution is -2.19. The minimum Gasteiger partial charge on any atom is -0.396 e. The fourth-order valence-electron chi connectivity index (χ4n) is 2.72. The molecule has 1 fully saturated rings. The van der Waals surface area contributed by atoms with Gasteiger partial charge in [-0.15, -0.1) is 0 Å². The lowest BCUT2D eigenvalue weighted by Gasteiger charge is -2.01. The number of aromatic amines is 1. The zero-order valence-electron chi connectivity index (χ0n) is 14.4. The van der Waals surface area contributed by atoms with Gasteiger partial charge in [0.1, 0.15) is 11.5 Å². The number of amidine groups is 1. The van der Waals surface area contributed by atoms with Crippen LogP contribution >= 0.6 is 35.0 Å². The SMILES string of the molecule is O=C1N/C(=N/c2c(Cl)cccc2Cl)S/C1=C\c1ccc2[nH]c(CCO)nc2c1. The number of halogens is 2. The van der Waals surface area contributed by atoms with Crippen LogP contribution in [0.25, 0.3) is 17.1 Å². The molecule has 1 aromatic heterocycles. The second kappa shape index (κ2) is 7.97. The molecule has 0 aliphatic carbocycles. The summed E-state index contributed by atoms with van der Waals surface area (Å²) in [6.45, 7) is 0.0328. The molecule has 9 heteroatoms. The Kier molecular flexibility index (Phi) is 5.41. The normalized spacial score (nSPS) is 17.0. The van der Waals surface area contributed by atoms with Crippen LogP contribution in [0.2, 0.25) is 10.0 Å². The molecule has 1 amide bonds. The fourth-order valence-corrected chi connectivity index (χ4v) is 4.03. The summed E-state index contributed by atoms with van der Waals surface area (Å²) in [5.41, 5.74) is 2.91. The first-order valence-corrected chi connectivity index (χ1v) is 9.94. The number of H-pyrrole nitrogens is 1. The van der Waals surface area contributed by atoms with Crippen LogP contribution in [-0.4, -0.2) is 32.8 Å². The maximum atomic E-state index is 12.3. The molecule has 6 nitrogen and oxygen atoms in total. The Hall–Kier alpha value is -2.32. The van der Waals surface area contributed by atoms with Crippen LogP contribution in [0.15, 0.2) is 46.3 Å². The maximum absolute atomic E-state index is 12.3. The summed E-state index contributed by atoms with van der Waals surface area (Å²) < 4.78 is 0. The van der Waals surface area contributed by atoms with E-state index in [0.29, 0.717) is 32.2 Å². The van der Waals surface area contributed by atoms with E-state index in [1.807, 2.05) is 18.2 Å². The van der Waals surface area contributed by atoms with Gasteiger partial charge in [-0.1, -0.05) is 35.3 Å². The van der Waals surface area contributed by atoms with Crippen LogP contribution in [0.4, 0.5) is 5.69 Å². The molecule has 1 saturated heterocycles. The molecule has 4 rings (SSSR count). The third-order valence-corrected chi connectivity index (χ3v) is 5.52. The molecule has 2 aromatic carbocycles. The Morgan fingerprint density at radius 3 is 2.75 bits per heavy atom. The largest absolute Gasteiger partial charge is 0.396 e. The van der Waals surface area contributed by atoms with Crippen LogP contribution in [0, 0.1) is 0 Å². The van der Waals surface area contributed by atoms with Crippen molar-refractivity contribution in [2.45, 2.75) is 6.42 Å². The summed E-state index contributed by atoms with van der Waals surface area (Å²) in [7, 11) is 0. The van der Waals surface area contributed by atoms with Crippen LogP contribution in [0.5, 0.6) is 0 Å². The van der Waals surface area contributed by atoms with Crippen molar-refractivity contribution in [3.63, 3.8) is 0 Å². The number of aliphatic hydroxyl groups excluding tert-OH is 1. The Morgan fingerprint density at radius 2 is 2.00 bits per heavy atom. The van der Waals surface area contributed by atoms with E-state index in [1.165, 1.54) is 11.8 Å². The molecule has 2 heterocycles. The quantitative estimate of drug-likeness (QED) is 0.536. The number of aliphatic imine (C=N–C) groups is 1. The first-order valence-electron chi connectivity index (χ1n) is 8.36. The van der Waals surface area contributed by atoms with Crippen molar-refractivity contribution in [2.75, 3.05) is 6.61 Å². The number of para-hydroxylation sites is 1. The number of nitrogens with zero attached hydrogens (tertiary/aromatic N) is 2. The Bertz CT molecular complexity index is 1120. The summed E-state index contributed by atoms with van der Waals surface area (Å²) in [4.78, 5) is 24.8. The number of aromatic nitrogens is 2. The number of imidazole rings is 1. The average molecular weight is 433 g/mol. The van der Waals surface area contributed by atoms with Gasteiger partial charge in [-0.25, -0.2) is 9.98 Å². The Labute approximate surface area is 174 Å². The maximum Gasteiger partial charge on any atom is 0.264 e.